The Hall–Kier alpha value is -2.55. The molecule has 2 N–H and O–H groups in total. The van der Waals surface area contributed by atoms with E-state index in [9.17, 15) is 0 Å². The van der Waals surface area contributed by atoms with Crippen LogP contribution < -0.4 is 10.5 Å². The summed E-state index contributed by atoms with van der Waals surface area (Å²) in [5.41, 5.74) is 7.25. The Morgan fingerprint density at radius 2 is 1.48 bits per heavy atom. The first-order chi connectivity index (χ1) is 10.3. The number of anilines is 1. The predicted molar refractivity (Wildman–Crippen MR) is 90.5 cm³/mol. The molecule has 0 radical (unpaired) electrons. The lowest BCUT2D eigenvalue weighted by Gasteiger charge is -1.97. The van der Waals surface area contributed by atoms with E-state index in [0.717, 1.165) is 17.0 Å². The van der Waals surface area contributed by atoms with E-state index in [1.165, 1.54) is 5.39 Å². The number of ether oxygens (including phenoxy) is 1. The van der Waals surface area contributed by atoms with Gasteiger partial charge in [0, 0.05) is 17.3 Å². The van der Waals surface area contributed by atoms with Gasteiger partial charge in [0.15, 0.2) is 0 Å². The highest BCUT2D eigenvalue weighted by Gasteiger charge is 1.87. The number of para-hydroxylation sites is 1. The second-order valence-corrected chi connectivity index (χ2v) is 3.97. The molecule has 3 nitrogen and oxygen atoms in total. The maximum Gasteiger partial charge on any atom is 0.119 e. The molecule has 0 aliphatic carbocycles. The number of benzene rings is 2. The molecule has 3 heteroatoms. The smallest absolute Gasteiger partial charge is 0.119 e. The number of nitrogen functional groups attached to an aromatic ring is 1. The Labute approximate surface area is 126 Å². The van der Waals surface area contributed by atoms with Crippen LogP contribution in [-0.4, -0.2) is 12.1 Å². The minimum absolute atomic E-state index is 0.760. The number of hydrogen-bond donors (Lipinski definition) is 1. The van der Waals surface area contributed by atoms with Gasteiger partial charge in [0.25, 0.3) is 0 Å². The molecule has 21 heavy (non-hydrogen) atoms. The highest BCUT2D eigenvalue weighted by atomic mass is 16.5. The number of pyridine rings is 1. The Balaban J connectivity index is 0.000000189. The van der Waals surface area contributed by atoms with Crippen molar-refractivity contribution in [2.45, 2.75) is 13.8 Å². The Morgan fingerprint density at radius 3 is 2.10 bits per heavy atom. The van der Waals surface area contributed by atoms with Crippen molar-refractivity contribution < 1.29 is 4.74 Å². The summed E-state index contributed by atoms with van der Waals surface area (Å²) in [4.78, 5) is 4.18. The van der Waals surface area contributed by atoms with Crippen LogP contribution in [0.15, 0.2) is 66.9 Å². The van der Waals surface area contributed by atoms with Crippen LogP contribution in [0.1, 0.15) is 13.8 Å². The minimum atomic E-state index is 0.760. The number of nitrogens with zero attached hydrogens (tertiary/aromatic N) is 1. The molecule has 1 heterocycles. The first-order valence-electron chi connectivity index (χ1n) is 6.99. The zero-order valence-electron chi connectivity index (χ0n) is 12.8. The fraction of sp³-hybridized carbons (Fsp3) is 0.167. The van der Waals surface area contributed by atoms with Crippen molar-refractivity contribution in [2.24, 2.45) is 0 Å². The molecular formula is C18H22N2O. The Morgan fingerprint density at radius 1 is 0.857 bits per heavy atom. The fourth-order valence-corrected chi connectivity index (χ4v) is 1.62. The summed E-state index contributed by atoms with van der Waals surface area (Å²) in [6.07, 6.45) is 1.81. The first-order valence-corrected chi connectivity index (χ1v) is 6.99. The van der Waals surface area contributed by atoms with Crippen LogP contribution in [0.25, 0.3) is 10.9 Å². The predicted octanol–water partition coefficient (Wildman–Crippen LogP) is 4.54. The summed E-state index contributed by atoms with van der Waals surface area (Å²) < 4.78 is 4.91. The number of aromatic nitrogens is 1. The maximum atomic E-state index is 5.43. The van der Waals surface area contributed by atoms with Crippen molar-refractivity contribution in [1.82, 2.24) is 4.98 Å². The number of methoxy groups -OCH3 is 1. The van der Waals surface area contributed by atoms with Gasteiger partial charge in [-0.25, -0.2) is 0 Å². The first kappa shape index (κ1) is 16.5. The summed E-state index contributed by atoms with van der Waals surface area (Å²) in [5, 5.41) is 1.20. The monoisotopic (exact) mass is 282 g/mol. The van der Waals surface area contributed by atoms with Gasteiger partial charge in [0.1, 0.15) is 5.75 Å². The van der Waals surface area contributed by atoms with E-state index in [1.54, 1.807) is 19.2 Å². The van der Waals surface area contributed by atoms with Crippen molar-refractivity contribution in [2.75, 3.05) is 12.8 Å². The van der Waals surface area contributed by atoms with E-state index in [4.69, 9.17) is 10.5 Å². The van der Waals surface area contributed by atoms with Crippen LogP contribution in [-0.2, 0) is 0 Å². The molecule has 0 fully saturated rings. The van der Waals surface area contributed by atoms with Gasteiger partial charge >= 0.3 is 0 Å². The summed E-state index contributed by atoms with van der Waals surface area (Å²) in [6.45, 7) is 4.00. The van der Waals surface area contributed by atoms with Gasteiger partial charge in [-0.1, -0.05) is 38.1 Å². The number of fused-ring (bicyclic) bond motifs is 1. The molecular weight excluding hydrogens is 260 g/mol. The third-order valence-electron chi connectivity index (χ3n) is 2.63. The molecule has 0 bridgehead atoms. The molecule has 0 aliphatic rings. The van der Waals surface area contributed by atoms with E-state index < -0.39 is 0 Å². The van der Waals surface area contributed by atoms with Crippen LogP contribution in [0.3, 0.4) is 0 Å². The fourth-order valence-electron chi connectivity index (χ4n) is 1.62. The van der Waals surface area contributed by atoms with Gasteiger partial charge < -0.3 is 10.5 Å². The molecule has 110 valence electrons. The van der Waals surface area contributed by atoms with Crippen molar-refractivity contribution >= 4 is 16.6 Å². The molecule has 3 aromatic rings. The zero-order chi connectivity index (χ0) is 15.5. The van der Waals surface area contributed by atoms with Crippen LogP contribution in [0.4, 0.5) is 5.69 Å². The number of hydrogen-bond acceptors (Lipinski definition) is 3. The highest BCUT2D eigenvalue weighted by Crippen LogP contribution is 2.11. The lowest BCUT2D eigenvalue weighted by Crippen LogP contribution is -1.84. The molecule has 1 aromatic heterocycles. The molecule has 2 aromatic carbocycles. The Bertz CT molecular complexity index is 571. The number of nitrogens with two attached hydrogens (primary N) is 1. The Kier molecular flexibility index (Phi) is 7.36. The summed E-state index contributed by atoms with van der Waals surface area (Å²) in [6, 6.07) is 19.4. The standard InChI is InChI=1S/C9H7N.C7H9NO.C2H6/c1-2-6-9-8(4-1)5-3-7-10-9;1-9-7-4-2-6(8)3-5-7;1-2/h1-7H;2-5H,8H2,1H3;1-2H3. The van der Waals surface area contributed by atoms with E-state index >= 15 is 0 Å². The molecule has 0 unspecified atom stereocenters. The maximum absolute atomic E-state index is 5.43. The molecule has 0 aliphatic heterocycles. The largest absolute Gasteiger partial charge is 0.497 e. The molecule has 3 rings (SSSR count). The van der Waals surface area contributed by atoms with Gasteiger partial charge in [-0.2, -0.15) is 0 Å². The average molecular weight is 282 g/mol. The van der Waals surface area contributed by atoms with E-state index in [-0.39, 0.29) is 0 Å². The third-order valence-corrected chi connectivity index (χ3v) is 2.63. The highest BCUT2D eigenvalue weighted by molar-refractivity contribution is 5.77. The summed E-state index contributed by atoms with van der Waals surface area (Å²) in [5.74, 6) is 0.837. The second kappa shape index (κ2) is 9.37. The molecule has 0 saturated heterocycles. The van der Waals surface area contributed by atoms with Crippen LogP contribution >= 0.6 is 0 Å². The minimum Gasteiger partial charge on any atom is -0.497 e. The summed E-state index contributed by atoms with van der Waals surface area (Å²) >= 11 is 0. The van der Waals surface area contributed by atoms with Gasteiger partial charge in [-0.05, 0) is 36.4 Å². The van der Waals surface area contributed by atoms with Gasteiger partial charge in [-0.15, -0.1) is 0 Å². The van der Waals surface area contributed by atoms with Crippen LogP contribution in [0, 0.1) is 0 Å². The lowest BCUT2D eigenvalue weighted by atomic mass is 10.2. The molecule has 0 spiro atoms. The topological polar surface area (TPSA) is 48.1 Å². The van der Waals surface area contributed by atoms with Crippen molar-refractivity contribution in [1.29, 1.82) is 0 Å². The van der Waals surface area contributed by atoms with Crippen LogP contribution in [0.5, 0.6) is 5.75 Å². The second-order valence-electron chi connectivity index (χ2n) is 3.97. The lowest BCUT2D eigenvalue weighted by molar-refractivity contribution is 0.415. The van der Waals surface area contributed by atoms with E-state index in [1.807, 2.05) is 56.4 Å². The van der Waals surface area contributed by atoms with Crippen molar-refractivity contribution in [3.05, 3.63) is 66.9 Å². The molecule has 0 saturated carbocycles. The van der Waals surface area contributed by atoms with E-state index in [0.29, 0.717) is 0 Å². The summed E-state index contributed by atoms with van der Waals surface area (Å²) in [7, 11) is 1.63. The van der Waals surface area contributed by atoms with Gasteiger partial charge in [0.2, 0.25) is 0 Å². The SMILES string of the molecule is CC.COc1ccc(N)cc1.c1ccc2ncccc2c1. The third kappa shape index (κ3) is 5.53. The van der Waals surface area contributed by atoms with Crippen molar-refractivity contribution in [3.8, 4) is 5.75 Å². The average Bonchev–Trinajstić information content (AvgIpc) is 2.58. The van der Waals surface area contributed by atoms with Gasteiger partial charge in [0.05, 0.1) is 12.6 Å². The normalized spacial score (nSPS) is 8.90. The van der Waals surface area contributed by atoms with Gasteiger partial charge in [-0.3, -0.25) is 4.98 Å². The van der Waals surface area contributed by atoms with Crippen LogP contribution in [0.2, 0.25) is 0 Å². The van der Waals surface area contributed by atoms with Crippen molar-refractivity contribution in [3.63, 3.8) is 0 Å². The number of rotatable bonds is 1. The quantitative estimate of drug-likeness (QED) is 0.667. The molecule has 0 atom stereocenters. The van der Waals surface area contributed by atoms with E-state index in [2.05, 4.69) is 17.1 Å². The zero-order valence-corrected chi connectivity index (χ0v) is 12.8. The molecule has 0 amide bonds.